The van der Waals surface area contributed by atoms with Gasteiger partial charge in [-0.3, -0.25) is 14.9 Å². The van der Waals surface area contributed by atoms with E-state index in [1.165, 1.54) is 7.11 Å². The Bertz CT molecular complexity index is 886. The third-order valence-electron chi connectivity index (χ3n) is 4.10. The van der Waals surface area contributed by atoms with E-state index in [0.717, 1.165) is 0 Å². The zero-order valence-corrected chi connectivity index (χ0v) is 16.3. The van der Waals surface area contributed by atoms with Crippen LogP contribution in [0.3, 0.4) is 0 Å². The number of carboxylic acids is 2. The summed E-state index contributed by atoms with van der Waals surface area (Å²) in [6.45, 7) is 0.0252. The van der Waals surface area contributed by atoms with Gasteiger partial charge in [0.15, 0.2) is 5.92 Å². The van der Waals surface area contributed by atoms with E-state index in [2.05, 4.69) is 5.32 Å². The monoisotopic (exact) mass is 421 g/mol. The van der Waals surface area contributed by atoms with Crippen LogP contribution in [0.2, 0.25) is 5.02 Å². The van der Waals surface area contributed by atoms with E-state index in [1.807, 2.05) is 0 Å². The molecule has 2 rings (SSSR count). The minimum Gasteiger partial charge on any atom is -0.496 e. The highest BCUT2D eigenvalue weighted by molar-refractivity contribution is 6.33. The molecule has 0 spiro atoms. The van der Waals surface area contributed by atoms with Crippen LogP contribution in [0.1, 0.15) is 11.1 Å². The first-order valence-corrected chi connectivity index (χ1v) is 8.99. The molecular formula is C20H20ClNO7. The van der Waals surface area contributed by atoms with Gasteiger partial charge in [0.05, 0.1) is 24.4 Å². The summed E-state index contributed by atoms with van der Waals surface area (Å²) in [6.07, 6.45) is -0.558. The molecule has 0 aliphatic rings. The maximum Gasteiger partial charge on any atom is 0.411 e. The number of hydrogen-bond donors (Lipinski definition) is 3. The van der Waals surface area contributed by atoms with Gasteiger partial charge in [-0.1, -0.05) is 35.9 Å². The highest BCUT2D eigenvalue weighted by Crippen LogP contribution is 2.23. The van der Waals surface area contributed by atoms with Gasteiger partial charge in [-0.25, -0.2) is 4.79 Å². The van der Waals surface area contributed by atoms with Gasteiger partial charge in [-0.2, -0.15) is 0 Å². The highest BCUT2D eigenvalue weighted by Gasteiger charge is 2.26. The molecule has 0 aliphatic heterocycles. The molecular weight excluding hydrogens is 402 g/mol. The number of hydrogen-bond acceptors (Lipinski definition) is 5. The summed E-state index contributed by atoms with van der Waals surface area (Å²) in [5, 5.41) is 21.0. The zero-order valence-electron chi connectivity index (χ0n) is 15.6. The third kappa shape index (κ3) is 6.39. The van der Waals surface area contributed by atoms with Gasteiger partial charge in [0, 0.05) is 6.42 Å². The van der Waals surface area contributed by atoms with Crippen molar-refractivity contribution < 1.29 is 34.1 Å². The number of nitrogens with one attached hydrogen (secondary N) is 1. The summed E-state index contributed by atoms with van der Waals surface area (Å²) in [7, 11) is 1.47. The molecule has 29 heavy (non-hydrogen) atoms. The lowest BCUT2D eigenvalue weighted by Crippen LogP contribution is -2.25. The predicted molar refractivity (Wildman–Crippen MR) is 106 cm³/mol. The van der Waals surface area contributed by atoms with Crippen LogP contribution in [0.25, 0.3) is 0 Å². The maximum atomic E-state index is 11.9. The summed E-state index contributed by atoms with van der Waals surface area (Å²) < 4.78 is 10.4. The van der Waals surface area contributed by atoms with Gasteiger partial charge in [-0.15, -0.1) is 0 Å². The molecule has 2 aromatic rings. The van der Waals surface area contributed by atoms with Crippen LogP contribution in [0.15, 0.2) is 42.5 Å². The number of methoxy groups -OCH3 is 1. The molecule has 0 atom stereocenters. The molecule has 2 aromatic carbocycles. The number of para-hydroxylation sites is 1. The number of ether oxygens (including phenoxy) is 2. The summed E-state index contributed by atoms with van der Waals surface area (Å²) >= 11 is 5.97. The van der Waals surface area contributed by atoms with Gasteiger partial charge in [0.2, 0.25) is 0 Å². The second-order valence-corrected chi connectivity index (χ2v) is 6.48. The van der Waals surface area contributed by atoms with Crippen molar-refractivity contribution in [2.24, 2.45) is 5.92 Å². The first-order valence-electron chi connectivity index (χ1n) is 8.61. The Labute approximate surface area is 172 Å². The van der Waals surface area contributed by atoms with E-state index in [0.29, 0.717) is 27.6 Å². The van der Waals surface area contributed by atoms with E-state index in [9.17, 15) is 14.4 Å². The van der Waals surface area contributed by atoms with Crippen molar-refractivity contribution in [1.82, 2.24) is 0 Å². The van der Waals surface area contributed by atoms with Crippen LogP contribution >= 0.6 is 11.6 Å². The van der Waals surface area contributed by atoms with Crippen molar-refractivity contribution in [3.63, 3.8) is 0 Å². The Hall–Kier alpha value is -3.26. The summed E-state index contributed by atoms with van der Waals surface area (Å²) in [5.41, 5.74) is 1.60. The van der Waals surface area contributed by atoms with E-state index in [1.54, 1.807) is 42.5 Å². The molecule has 8 nitrogen and oxygen atoms in total. The molecule has 154 valence electrons. The maximum absolute atomic E-state index is 11.9. The van der Waals surface area contributed by atoms with Crippen LogP contribution < -0.4 is 10.1 Å². The van der Waals surface area contributed by atoms with Crippen molar-refractivity contribution in [3.8, 4) is 5.75 Å². The number of carbonyl (C=O) groups is 3. The number of aliphatic carboxylic acids is 2. The largest absolute Gasteiger partial charge is 0.496 e. The molecule has 0 saturated heterocycles. The molecule has 3 N–H and O–H groups in total. The van der Waals surface area contributed by atoms with Crippen LogP contribution in [0.4, 0.5) is 10.5 Å². The summed E-state index contributed by atoms with van der Waals surface area (Å²) in [4.78, 5) is 34.1. The van der Waals surface area contributed by atoms with E-state index >= 15 is 0 Å². The predicted octanol–water partition coefficient (Wildman–Crippen LogP) is 3.47. The fraction of sp³-hybridized carbons (Fsp3) is 0.250. The van der Waals surface area contributed by atoms with Gasteiger partial charge in [-0.05, 0) is 35.7 Å². The number of carboxylic acid groups (broad SMARTS) is 2. The summed E-state index contributed by atoms with van der Waals surface area (Å²) in [5.74, 6) is -3.84. The molecule has 0 bridgehead atoms. The molecule has 0 heterocycles. The first-order chi connectivity index (χ1) is 13.8. The lowest BCUT2D eigenvalue weighted by Gasteiger charge is -2.13. The van der Waals surface area contributed by atoms with E-state index in [4.69, 9.17) is 31.3 Å². The van der Waals surface area contributed by atoms with Crippen LogP contribution in [0.5, 0.6) is 5.75 Å². The van der Waals surface area contributed by atoms with Gasteiger partial charge < -0.3 is 19.7 Å². The normalized spacial score (nSPS) is 10.4. The minimum absolute atomic E-state index is 0.0252. The smallest absolute Gasteiger partial charge is 0.411 e. The molecule has 9 heteroatoms. The van der Waals surface area contributed by atoms with Gasteiger partial charge in [0.1, 0.15) is 5.75 Å². The lowest BCUT2D eigenvalue weighted by atomic mass is 9.97. The average Bonchev–Trinajstić information content (AvgIpc) is 2.67. The lowest BCUT2D eigenvalue weighted by molar-refractivity contribution is -0.154. The Morgan fingerprint density at radius 1 is 1.10 bits per heavy atom. The number of anilines is 1. The minimum atomic E-state index is -1.55. The van der Waals surface area contributed by atoms with E-state index < -0.39 is 23.9 Å². The topological polar surface area (TPSA) is 122 Å². The second-order valence-electron chi connectivity index (χ2n) is 6.07. The molecule has 1 amide bonds. The van der Waals surface area contributed by atoms with Crippen LogP contribution in [0, 0.1) is 5.92 Å². The van der Waals surface area contributed by atoms with Crippen LogP contribution in [-0.2, 0) is 27.2 Å². The number of rotatable bonds is 9. The van der Waals surface area contributed by atoms with Gasteiger partial charge >= 0.3 is 18.0 Å². The Morgan fingerprint density at radius 3 is 2.41 bits per heavy atom. The fourth-order valence-electron chi connectivity index (χ4n) is 2.63. The van der Waals surface area contributed by atoms with Crippen molar-refractivity contribution in [3.05, 3.63) is 58.6 Å². The Kier molecular flexibility index (Phi) is 7.85. The Morgan fingerprint density at radius 2 is 1.79 bits per heavy atom. The molecule has 0 aliphatic carbocycles. The van der Waals surface area contributed by atoms with Crippen LogP contribution in [-0.4, -0.2) is 42.0 Å². The molecule has 0 fully saturated rings. The highest BCUT2D eigenvalue weighted by atomic mass is 35.5. The first kappa shape index (κ1) is 22.0. The van der Waals surface area contributed by atoms with E-state index in [-0.39, 0.29) is 19.4 Å². The number of benzene rings is 2. The SMILES string of the molecule is COc1ccc(CC(C(=O)O)C(=O)O)cc1CCOC(=O)Nc1ccccc1Cl. The Balaban J connectivity index is 2.00. The summed E-state index contributed by atoms with van der Waals surface area (Å²) in [6, 6.07) is 11.6. The number of amides is 1. The molecule has 0 aromatic heterocycles. The third-order valence-corrected chi connectivity index (χ3v) is 4.43. The number of carbonyl (C=O) groups excluding carboxylic acids is 1. The fourth-order valence-corrected chi connectivity index (χ4v) is 2.82. The van der Waals surface area contributed by atoms with Crippen molar-refractivity contribution in [2.45, 2.75) is 12.8 Å². The molecule has 0 radical (unpaired) electrons. The van der Waals surface area contributed by atoms with Gasteiger partial charge in [0.25, 0.3) is 0 Å². The van der Waals surface area contributed by atoms with Crippen molar-refractivity contribution in [2.75, 3.05) is 19.0 Å². The number of halogens is 1. The zero-order chi connectivity index (χ0) is 21.4. The second kappa shape index (κ2) is 10.3. The molecule has 0 saturated carbocycles. The molecule has 0 unspecified atom stereocenters. The average molecular weight is 422 g/mol. The standard InChI is InChI=1S/C20H20ClNO7/c1-28-17-7-6-12(11-14(18(23)24)19(25)26)10-13(17)8-9-29-20(27)22-16-5-3-2-4-15(16)21/h2-7,10,14H,8-9,11H2,1H3,(H,22,27)(H,23,24)(H,25,26). The quantitative estimate of drug-likeness (QED) is 0.530. The van der Waals surface area contributed by atoms with Crippen molar-refractivity contribution in [1.29, 1.82) is 0 Å². The van der Waals surface area contributed by atoms with Crippen molar-refractivity contribution >= 4 is 35.3 Å².